The van der Waals surface area contributed by atoms with Crippen LogP contribution in [0.25, 0.3) is 0 Å². The minimum absolute atomic E-state index is 0.0745. The number of hydrogen-bond donors (Lipinski definition) is 2. The van der Waals surface area contributed by atoms with Gasteiger partial charge in [0.1, 0.15) is 0 Å². The zero-order chi connectivity index (χ0) is 13.0. The van der Waals surface area contributed by atoms with E-state index < -0.39 is 0 Å². The molecule has 0 aliphatic carbocycles. The van der Waals surface area contributed by atoms with E-state index in [1.807, 2.05) is 25.1 Å². The molecule has 0 radical (unpaired) electrons. The van der Waals surface area contributed by atoms with Crippen LogP contribution >= 0.6 is 0 Å². The second-order valence-corrected chi connectivity index (χ2v) is 5.42. The largest absolute Gasteiger partial charge is 0.349 e. The third kappa shape index (κ3) is 2.91. The Kier molecular flexibility index (Phi) is 4.02. The maximum Gasteiger partial charge on any atom is 0.226 e. The van der Waals surface area contributed by atoms with Gasteiger partial charge in [0.2, 0.25) is 5.91 Å². The molecule has 1 aliphatic heterocycles. The van der Waals surface area contributed by atoms with Gasteiger partial charge in [0.25, 0.3) is 0 Å². The zero-order valence-corrected chi connectivity index (χ0v) is 11.2. The van der Waals surface area contributed by atoms with Gasteiger partial charge in [-0.1, -0.05) is 37.3 Å². The minimum Gasteiger partial charge on any atom is -0.349 e. The zero-order valence-electron chi connectivity index (χ0n) is 11.2. The lowest BCUT2D eigenvalue weighted by Gasteiger charge is -2.33. The molecule has 0 saturated carbocycles. The van der Waals surface area contributed by atoms with E-state index in [1.54, 1.807) is 0 Å². The molecule has 0 spiro atoms. The summed E-state index contributed by atoms with van der Waals surface area (Å²) >= 11 is 0. The van der Waals surface area contributed by atoms with E-state index in [9.17, 15) is 4.79 Å². The van der Waals surface area contributed by atoms with Crippen LogP contribution in [-0.4, -0.2) is 19.0 Å². The molecule has 1 aliphatic rings. The van der Waals surface area contributed by atoms with Crippen molar-refractivity contribution in [3.63, 3.8) is 0 Å². The lowest BCUT2D eigenvalue weighted by molar-refractivity contribution is -0.132. The summed E-state index contributed by atoms with van der Waals surface area (Å²) in [5.74, 6) is 0.181. The highest BCUT2D eigenvalue weighted by Crippen LogP contribution is 2.29. The highest BCUT2D eigenvalue weighted by molar-refractivity contribution is 5.82. The first-order valence-electron chi connectivity index (χ1n) is 6.68. The Morgan fingerprint density at radius 1 is 1.28 bits per heavy atom. The average Bonchev–Trinajstić information content (AvgIpc) is 2.40. The average molecular weight is 246 g/mol. The molecular formula is C15H22N2O. The summed E-state index contributed by atoms with van der Waals surface area (Å²) in [7, 11) is 0. The monoisotopic (exact) mass is 246 g/mol. The van der Waals surface area contributed by atoms with E-state index in [1.165, 1.54) is 0 Å². The fourth-order valence-electron chi connectivity index (χ4n) is 2.40. The van der Waals surface area contributed by atoms with Crippen LogP contribution in [0, 0.1) is 5.41 Å². The van der Waals surface area contributed by atoms with Crippen LogP contribution in [0.1, 0.15) is 38.3 Å². The maximum absolute atomic E-state index is 12.4. The second-order valence-electron chi connectivity index (χ2n) is 5.42. The number of piperidine rings is 1. The van der Waals surface area contributed by atoms with Crippen LogP contribution < -0.4 is 10.6 Å². The molecule has 2 N–H and O–H groups in total. The molecule has 98 valence electrons. The van der Waals surface area contributed by atoms with Crippen molar-refractivity contribution in [1.82, 2.24) is 10.6 Å². The van der Waals surface area contributed by atoms with Gasteiger partial charge in [-0.05, 0) is 38.4 Å². The van der Waals surface area contributed by atoms with Crippen molar-refractivity contribution in [3.8, 4) is 0 Å². The van der Waals surface area contributed by atoms with E-state index in [4.69, 9.17) is 0 Å². The van der Waals surface area contributed by atoms with Crippen molar-refractivity contribution >= 4 is 5.91 Å². The van der Waals surface area contributed by atoms with Gasteiger partial charge in [-0.3, -0.25) is 4.79 Å². The Morgan fingerprint density at radius 3 is 2.50 bits per heavy atom. The summed E-state index contributed by atoms with van der Waals surface area (Å²) in [4.78, 5) is 12.4. The summed E-state index contributed by atoms with van der Waals surface area (Å²) < 4.78 is 0. The van der Waals surface area contributed by atoms with E-state index in [0.717, 1.165) is 31.5 Å². The van der Waals surface area contributed by atoms with Gasteiger partial charge >= 0.3 is 0 Å². The molecule has 3 nitrogen and oxygen atoms in total. The highest BCUT2D eigenvalue weighted by atomic mass is 16.2. The van der Waals surface area contributed by atoms with Gasteiger partial charge < -0.3 is 10.6 Å². The van der Waals surface area contributed by atoms with Crippen molar-refractivity contribution in [2.24, 2.45) is 5.41 Å². The first-order valence-corrected chi connectivity index (χ1v) is 6.68. The highest BCUT2D eigenvalue weighted by Gasteiger charge is 2.34. The number of hydrogen-bond acceptors (Lipinski definition) is 2. The summed E-state index contributed by atoms with van der Waals surface area (Å²) in [5.41, 5.74) is 0.942. The van der Waals surface area contributed by atoms with Crippen LogP contribution in [-0.2, 0) is 4.79 Å². The molecule has 1 atom stereocenters. The molecule has 1 aromatic rings. The number of carbonyl (C=O) groups excluding carboxylic acids is 1. The minimum atomic E-state index is -0.214. The third-order valence-corrected chi connectivity index (χ3v) is 3.90. The van der Waals surface area contributed by atoms with Gasteiger partial charge in [-0.15, -0.1) is 0 Å². The molecule has 1 saturated heterocycles. The fourth-order valence-corrected chi connectivity index (χ4v) is 2.40. The molecule has 1 amide bonds. The number of rotatable bonds is 3. The molecule has 1 aromatic carbocycles. The number of carbonyl (C=O) groups is 1. The van der Waals surface area contributed by atoms with Crippen molar-refractivity contribution < 1.29 is 4.79 Å². The molecule has 18 heavy (non-hydrogen) atoms. The molecule has 3 heteroatoms. The second kappa shape index (κ2) is 5.53. The molecule has 1 unspecified atom stereocenters. The van der Waals surface area contributed by atoms with Gasteiger partial charge in [0, 0.05) is 5.41 Å². The summed E-state index contributed by atoms with van der Waals surface area (Å²) in [6, 6.07) is 10.2. The molecular weight excluding hydrogens is 224 g/mol. The Morgan fingerprint density at radius 2 is 1.89 bits per heavy atom. The normalized spacial score (nSPS) is 20.1. The van der Waals surface area contributed by atoms with Gasteiger partial charge in [-0.2, -0.15) is 0 Å². The lowest BCUT2D eigenvalue weighted by Crippen LogP contribution is -2.46. The van der Waals surface area contributed by atoms with Gasteiger partial charge in [0.05, 0.1) is 6.04 Å². The SMILES string of the molecule is CC(NC(=O)C1(C)CCNCC1)c1ccccc1. The Bertz CT molecular complexity index is 396. The summed E-state index contributed by atoms with van der Waals surface area (Å²) in [5, 5.41) is 6.44. The molecule has 1 fully saturated rings. The summed E-state index contributed by atoms with van der Waals surface area (Å²) in [6.07, 6.45) is 1.83. The van der Waals surface area contributed by atoms with Crippen molar-refractivity contribution in [1.29, 1.82) is 0 Å². The topological polar surface area (TPSA) is 41.1 Å². The molecule has 0 aromatic heterocycles. The standard InChI is InChI=1S/C15H22N2O/c1-12(13-6-4-3-5-7-13)17-14(18)15(2)8-10-16-11-9-15/h3-7,12,16H,8-11H2,1-2H3,(H,17,18). The predicted molar refractivity (Wildman–Crippen MR) is 73.2 cm³/mol. The first kappa shape index (κ1) is 13.1. The van der Waals surface area contributed by atoms with Crippen molar-refractivity contribution in [2.75, 3.05) is 13.1 Å². The summed E-state index contributed by atoms with van der Waals surface area (Å²) in [6.45, 7) is 5.98. The van der Waals surface area contributed by atoms with Gasteiger partial charge in [0.15, 0.2) is 0 Å². The predicted octanol–water partition coefficient (Wildman–Crippen LogP) is 2.25. The Labute approximate surface area is 109 Å². The number of benzene rings is 1. The van der Waals surface area contributed by atoms with Gasteiger partial charge in [-0.25, -0.2) is 0 Å². The van der Waals surface area contributed by atoms with E-state index in [0.29, 0.717) is 0 Å². The molecule has 2 rings (SSSR count). The molecule has 0 bridgehead atoms. The van der Waals surface area contributed by atoms with E-state index in [2.05, 4.69) is 29.7 Å². The molecule has 1 heterocycles. The fraction of sp³-hybridized carbons (Fsp3) is 0.533. The smallest absolute Gasteiger partial charge is 0.226 e. The van der Waals surface area contributed by atoms with Crippen molar-refractivity contribution in [2.45, 2.75) is 32.7 Å². The van der Waals surface area contributed by atoms with Crippen LogP contribution in [0.5, 0.6) is 0 Å². The van der Waals surface area contributed by atoms with Crippen LogP contribution in [0.3, 0.4) is 0 Å². The third-order valence-electron chi connectivity index (χ3n) is 3.90. The van der Waals surface area contributed by atoms with Crippen molar-refractivity contribution in [3.05, 3.63) is 35.9 Å². The van der Waals surface area contributed by atoms with E-state index in [-0.39, 0.29) is 17.4 Å². The van der Waals surface area contributed by atoms with Crippen LogP contribution in [0.4, 0.5) is 0 Å². The quantitative estimate of drug-likeness (QED) is 0.859. The first-order chi connectivity index (χ1) is 8.62. The maximum atomic E-state index is 12.4. The lowest BCUT2D eigenvalue weighted by atomic mass is 9.80. The Balaban J connectivity index is 1.98. The number of amides is 1. The van der Waals surface area contributed by atoms with Crippen LogP contribution in [0.15, 0.2) is 30.3 Å². The number of nitrogens with one attached hydrogen (secondary N) is 2. The van der Waals surface area contributed by atoms with Crippen LogP contribution in [0.2, 0.25) is 0 Å². The van der Waals surface area contributed by atoms with E-state index >= 15 is 0 Å². The Hall–Kier alpha value is -1.35.